The maximum atomic E-state index is 10.2. The van der Waals surface area contributed by atoms with Crippen LogP contribution in [0, 0.1) is 0 Å². The monoisotopic (exact) mass is 505 g/mol. The summed E-state index contributed by atoms with van der Waals surface area (Å²) >= 11 is 0. The number of aliphatic hydroxyl groups is 1. The Morgan fingerprint density at radius 1 is 0.676 bits per heavy atom. The van der Waals surface area contributed by atoms with Gasteiger partial charge in [-0.1, -0.05) is 74.5 Å². The molecule has 0 amide bonds. The highest BCUT2D eigenvalue weighted by molar-refractivity contribution is 5.45. The second kappa shape index (κ2) is 16.7. The molecule has 0 spiro atoms. The lowest BCUT2D eigenvalue weighted by molar-refractivity contribution is 0.104. The molecule has 1 atom stereocenters. The molecule has 0 heterocycles. The van der Waals surface area contributed by atoms with Crippen LogP contribution in [0.1, 0.15) is 50.7 Å². The van der Waals surface area contributed by atoms with Gasteiger partial charge in [0.25, 0.3) is 0 Å². The third-order valence-electron chi connectivity index (χ3n) is 6.04. The van der Waals surface area contributed by atoms with E-state index >= 15 is 0 Å². The van der Waals surface area contributed by atoms with E-state index in [1.165, 1.54) is 11.1 Å². The summed E-state index contributed by atoms with van der Waals surface area (Å²) < 4.78 is 18.1. The Morgan fingerprint density at radius 3 is 1.81 bits per heavy atom. The molecular weight excluding hydrogens is 462 g/mol. The van der Waals surface area contributed by atoms with Crippen LogP contribution in [0.25, 0.3) is 0 Å². The van der Waals surface area contributed by atoms with E-state index in [2.05, 4.69) is 67.7 Å². The molecule has 0 unspecified atom stereocenters. The second-order valence-electron chi connectivity index (χ2n) is 9.72. The van der Waals surface area contributed by atoms with Crippen LogP contribution in [0.4, 0.5) is 0 Å². The first-order valence-electron chi connectivity index (χ1n) is 13.6. The van der Waals surface area contributed by atoms with E-state index in [-0.39, 0.29) is 6.61 Å². The van der Waals surface area contributed by atoms with Crippen molar-refractivity contribution < 1.29 is 19.3 Å². The van der Waals surface area contributed by atoms with Gasteiger partial charge in [0.1, 0.15) is 18.5 Å². The van der Waals surface area contributed by atoms with Gasteiger partial charge in [-0.15, -0.1) is 0 Å². The fourth-order valence-electron chi connectivity index (χ4n) is 3.95. The highest BCUT2D eigenvalue weighted by Gasteiger charge is 2.11. The lowest BCUT2D eigenvalue weighted by atomic mass is 10.1. The summed E-state index contributed by atoms with van der Waals surface area (Å²) in [6.45, 7) is 6.07. The highest BCUT2D eigenvalue weighted by Crippen LogP contribution is 2.32. The molecule has 0 aliphatic rings. The maximum absolute atomic E-state index is 10.2. The highest BCUT2D eigenvalue weighted by atomic mass is 16.5. The van der Waals surface area contributed by atoms with Crippen LogP contribution in [0.2, 0.25) is 0 Å². The smallest absolute Gasteiger partial charge is 0.164 e. The number of unbranched alkanes of at least 4 members (excludes halogenated alkanes) is 2. The van der Waals surface area contributed by atoms with E-state index in [9.17, 15) is 5.11 Å². The van der Waals surface area contributed by atoms with Gasteiger partial charge in [-0.25, -0.2) is 0 Å². The van der Waals surface area contributed by atoms with Crippen molar-refractivity contribution in [3.05, 3.63) is 90.0 Å². The molecule has 0 saturated carbocycles. The standard InChI is InChI=1S/C32H43NO4/c1-26(2)33-24-29(34)25-37-30-19-20-31(35-21-11-9-17-27-13-5-3-6-14-27)32(23-30)36-22-12-10-18-28-15-7-4-8-16-28/h3-8,13-16,19-20,23,26,29,33-34H,9-12,17-18,21-22,24-25H2,1-2H3/t29-/m1/s1. The lowest BCUT2D eigenvalue weighted by Gasteiger charge is -2.17. The van der Waals surface area contributed by atoms with Gasteiger partial charge in [0.15, 0.2) is 11.5 Å². The molecule has 0 aromatic heterocycles. The van der Waals surface area contributed by atoms with Crippen molar-refractivity contribution in [3.63, 3.8) is 0 Å². The van der Waals surface area contributed by atoms with Gasteiger partial charge in [-0.2, -0.15) is 0 Å². The summed E-state index contributed by atoms with van der Waals surface area (Å²) in [5, 5.41) is 13.4. The Bertz CT molecular complexity index is 994. The second-order valence-corrected chi connectivity index (χ2v) is 9.72. The quantitative estimate of drug-likeness (QED) is 0.201. The molecule has 5 heteroatoms. The zero-order chi connectivity index (χ0) is 26.1. The minimum Gasteiger partial charge on any atom is -0.491 e. The molecule has 0 aliphatic heterocycles. The first-order chi connectivity index (χ1) is 18.1. The van der Waals surface area contributed by atoms with Gasteiger partial charge in [0.2, 0.25) is 0 Å². The van der Waals surface area contributed by atoms with Gasteiger partial charge in [0.05, 0.1) is 13.2 Å². The lowest BCUT2D eigenvalue weighted by Crippen LogP contribution is -2.35. The third kappa shape index (κ3) is 11.7. The van der Waals surface area contributed by atoms with E-state index in [1.54, 1.807) is 0 Å². The molecule has 0 radical (unpaired) electrons. The molecule has 37 heavy (non-hydrogen) atoms. The van der Waals surface area contributed by atoms with Gasteiger partial charge in [-0.3, -0.25) is 0 Å². The number of nitrogens with one attached hydrogen (secondary N) is 1. The molecule has 0 fully saturated rings. The SMILES string of the molecule is CC(C)NC[C@@H](O)COc1ccc(OCCCCc2ccccc2)c(OCCCCc2ccccc2)c1. The Balaban J connectivity index is 1.49. The van der Waals surface area contributed by atoms with Crippen molar-refractivity contribution in [3.8, 4) is 17.2 Å². The van der Waals surface area contributed by atoms with Crippen molar-refractivity contribution in [1.29, 1.82) is 0 Å². The molecule has 5 nitrogen and oxygen atoms in total. The van der Waals surface area contributed by atoms with Crippen LogP contribution in [-0.2, 0) is 12.8 Å². The molecule has 3 rings (SSSR count). The molecule has 0 bridgehead atoms. The van der Waals surface area contributed by atoms with E-state index in [0.717, 1.165) is 44.3 Å². The van der Waals surface area contributed by atoms with Crippen LogP contribution < -0.4 is 19.5 Å². The van der Waals surface area contributed by atoms with Gasteiger partial charge < -0.3 is 24.6 Å². The van der Waals surface area contributed by atoms with Gasteiger partial charge in [0, 0.05) is 18.7 Å². The third-order valence-corrected chi connectivity index (χ3v) is 6.04. The fourth-order valence-corrected chi connectivity index (χ4v) is 3.95. The number of hydrogen-bond acceptors (Lipinski definition) is 5. The van der Waals surface area contributed by atoms with Crippen molar-refractivity contribution in [2.24, 2.45) is 0 Å². The Morgan fingerprint density at radius 2 is 1.24 bits per heavy atom. The van der Waals surface area contributed by atoms with Crippen LogP contribution in [0.15, 0.2) is 78.9 Å². The number of aliphatic hydroxyl groups excluding tert-OH is 1. The zero-order valence-corrected chi connectivity index (χ0v) is 22.4. The molecule has 0 saturated heterocycles. The van der Waals surface area contributed by atoms with Crippen molar-refractivity contribution >= 4 is 0 Å². The minimum absolute atomic E-state index is 0.218. The summed E-state index contributed by atoms with van der Waals surface area (Å²) in [6.07, 6.45) is 5.57. The number of aryl methyl sites for hydroxylation is 2. The van der Waals surface area contributed by atoms with Crippen LogP contribution in [0.3, 0.4) is 0 Å². The average Bonchev–Trinajstić information content (AvgIpc) is 2.92. The van der Waals surface area contributed by atoms with Crippen molar-refractivity contribution in [2.45, 2.75) is 64.5 Å². The predicted octanol–water partition coefficient (Wildman–Crippen LogP) is 6.23. The summed E-state index contributed by atoms with van der Waals surface area (Å²) in [5.41, 5.74) is 2.71. The van der Waals surface area contributed by atoms with Crippen LogP contribution in [0.5, 0.6) is 17.2 Å². The van der Waals surface area contributed by atoms with E-state index in [0.29, 0.717) is 37.3 Å². The first kappa shape index (κ1) is 28.5. The van der Waals surface area contributed by atoms with E-state index in [1.807, 2.05) is 30.3 Å². The summed E-state index contributed by atoms with van der Waals surface area (Å²) in [4.78, 5) is 0. The molecular formula is C32H43NO4. The van der Waals surface area contributed by atoms with Crippen LogP contribution in [-0.4, -0.2) is 43.6 Å². The number of rotatable bonds is 18. The number of ether oxygens (including phenoxy) is 3. The summed E-state index contributed by atoms with van der Waals surface area (Å²) in [5.74, 6) is 2.09. The van der Waals surface area contributed by atoms with Crippen molar-refractivity contribution in [1.82, 2.24) is 5.32 Å². The van der Waals surface area contributed by atoms with Gasteiger partial charge >= 0.3 is 0 Å². The zero-order valence-electron chi connectivity index (χ0n) is 22.4. The Hall–Kier alpha value is -3.02. The number of hydrogen-bond donors (Lipinski definition) is 2. The van der Waals surface area contributed by atoms with E-state index < -0.39 is 6.10 Å². The Kier molecular flexibility index (Phi) is 12.9. The maximum Gasteiger partial charge on any atom is 0.164 e. The van der Waals surface area contributed by atoms with E-state index in [4.69, 9.17) is 14.2 Å². The largest absolute Gasteiger partial charge is 0.491 e. The molecule has 3 aromatic rings. The molecule has 0 aliphatic carbocycles. The van der Waals surface area contributed by atoms with Gasteiger partial charge in [-0.05, 0) is 61.8 Å². The summed E-state index contributed by atoms with van der Waals surface area (Å²) in [6, 6.07) is 27.1. The first-order valence-corrected chi connectivity index (χ1v) is 13.6. The molecule has 3 aromatic carbocycles. The Labute approximate surface area is 222 Å². The number of benzene rings is 3. The minimum atomic E-state index is -0.578. The van der Waals surface area contributed by atoms with Crippen LogP contribution >= 0.6 is 0 Å². The average molecular weight is 506 g/mol. The van der Waals surface area contributed by atoms with Crippen molar-refractivity contribution in [2.75, 3.05) is 26.4 Å². The molecule has 2 N–H and O–H groups in total. The predicted molar refractivity (Wildman–Crippen MR) is 151 cm³/mol. The topological polar surface area (TPSA) is 60.0 Å². The fraction of sp³-hybridized carbons (Fsp3) is 0.438. The normalized spacial score (nSPS) is 11.9. The summed E-state index contributed by atoms with van der Waals surface area (Å²) in [7, 11) is 0. The molecule has 200 valence electrons.